The lowest BCUT2D eigenvalue weighted by molar-refractivity contribution is -0.141. The Hall–Kier alpha value is -5.93. The van der Waals surface area contributed by atoms with Gasteiger partial charge in [-0.25, -0.2) is 25.6 Å². The van der Waals surface area contributed by atoms with Crippen molar-refractivity contribution in [3.63, 3.8) is 0 Å². The van der Waals surface area contributed by atoms with Crippen molar-refractivity contribution in [3.8, 4) is 11.4 Å². The molecule has 5 aromatic rings. The zero-order valence-corrected chi connectivity index (χ0v) is 37.0. The van der Waals surface area contributed by atoms with Crippen LogP contribution in [0.2, 0.25) is 10.0 Å². The highest BCUT2D eigenvalue weighted by Crippen LogP contribution is 2.32. The first-order valence-electron chi connectivity index (χ1n) is 19.2. The van der Waals surface area contributed by atoms with Gasteiger partial charge in [0, 0.05) is 58.2 Å². The Morgan fingerprint density at radius 1 is 0.716 bits per heavy atom. The van der Waals surface area contributed by atoms with Gasteiger partial charge in [-0.05, 0) is 73.5 Å². The molecule has 1 heterocycles. The Bertz CT molecular complexity index is 2850. The van der Waals surface area contributed by atoms with Crippen LogP contribution in [-0.2, 0) is 42.7 Å². The Balaban J connectivity index is 0.000000297. The van der Waals surface area contributed by atoms with Crippen molar-refractivity contribution in [3.05, 3.63) is 130 Å². The van der Waals surface area contributed by atoms with Crippen LogP contribution in [0.1, 0.15) is 43.7 Å². The average molecular weight is 1030 g/mol. The van der Waals surface area contributed by atoms with Gasteiger partial charge in [-0.2, -0.15) is 39.9 Å². The smallest absolute Gasteiger partial charge is 0.389 e. The zero-order valence-electron chi connectivity index (χ0n) is 34.8. The topological polar surface area (TPSA) is 258 Å². The number of carbonyl (C=O) groups excluding carboxylic acids is 2. The Kier molecular flexibility index (Phi) is 17.3. The molecule has 0 fully saturated rings. The molecule has 67 heavy (non-hydrogen) atoms. The fourth-order valence-corrected chi connectivity index (χ4v) is 9.43. The van der Waals surface area contributed by atoms with Gasteiger partial charge >= 0.3 is 12.4 Å². The SMILES string of the molecule is NC(=O)[C@@H](CCC(F)(F)F)N(Cc1ccc(/C(N)=N/O)cc1F)S(=O)(=O)c1ccc(Cl)cc1.[2H]c1nc(-c2ccc(CN([C@H](CCC(F)(F)F)C(N)=O)S(=O)(=O)c3ccc(Cl)cc3)c(F)c2)no1. The van der Waals surface area contributed by atoms with E-state index < -0.39 is 119 Å². The van der Waals surface area contributed by atoms with Crippen LogP contribution in [0.15, 0.2) is 111 Å². The normalized spacial score (nSPS) is 13.7. The van der Waals surface area contributed by atoms with Gasteiger partial charge in [0.05, 0.1) is 9.79 Å². The van der Waals surface area contributed by atoms with E-state index in [1.807, 2.05) is 0 Å². The number of benzene rings is 4. The van der Waals surface area contributed by atoms with Gasteiger partial charge in [0.15, 0.2) is 5.84 Å². The summed E-state index contributed by atoms with van der Waals surface area (Å²) < 4.78 is 172. The number of halogens is 10. The van der Waals surface area contributed by atoms with Gasteiger partial charge in [0.1, 0.15) is 25.1 Å². The minimum Gasteiger partial charge on any atom is -0.409 e. The monoisotopic (exact) mass is 1030 g/mol. The molecule has 0 aliphatic carbocycles. The summed E-state index contributed by atoms with van der Waals surface area (Å²) in [5.74, 6) is -5.18. The number of hydrogen-bond acceptors (Lipinski definition) is 11. The van der Waals surface area contributed by atoms with E-state index in [-0.39, 0.29) is 47.9 Å². The van der Waals surface area contributed by atoms with Crippen LogP contribution >= 0.6 is 23.2 Å². The van der Waals surface area contributed by atoms with E-state index in [9.17, 15) is 61.5 Å². The fraction of sp³-hybridized carbons (Fsp3) is 0.256. The third-order valence-corrected chi connectivity index (χ3v) is 13.6. The summed E-state index contributed by atoms with van der Waals surface area (Å²) in [7, 11) is -9.25. The van der Waals surface area contributed by atoms with Crippen molar-refractivity contribution in [2.45, 2.75) is 73.0 Å². The summed E-state index contributed by atoms with van der Waals surface area (Å²) >= 11 is 11.5. The molecular weight excluding hydrogens is 996 g/mol. The summed E-state index contributed by atoms with van der Waals surface area (Å²) in [5, 5.41) is 15.3. The highest BCUT2D eigenvalue weighted by molar-refractivity contribution is 7.89. The van der Waals surface area contributed by atoms with Crippen molar-refractivity contribution in [1.29, 1.82) is 0 Å². The van der Waals surface area contributed by atoms with E-state index in [4.69, 9.17) is 47.0 Å². The van der Waals surface area contributed by atoms with Crippen molar-refractivity contribution in [2.24, 2.45) is 22.4 Å². The minimum absolute atomic E-state index is 0.0330. The molecule has 7 N–H and O–H groups in total. The Morgan fingerprint density at radius 2 is 1.13 bits per heavy atom. The van der Waals surface area contributed by atoms with E-state index in [0.29, 0.717) is 8.61 Å². The molecule has 2 atom stereocenters. The van der Waals surface area contributed by atoms with Crippen LogP contribution in [0.25, 0.3) is 11.4 Å². The first-order valence-corrected chi connectivity index (χ1v) is 22.3. The minimum atomic E-state index is -4.70. The molecule has 0 radical (unpaired) electrons. The van der Waals surface area contributed by atoms with Gasteiger partial charge in [-0.3, -0.25) is 9.59 Å². The van der Waals surface area contributed by atoms with Crippen molar-refractivity contribution < 1.29 is 72.6 Å². The van der Waals surface area contributed by atoms with Crippen LogP contribution in [0.3, 0.4) is 0 Å². The molecule has 2 amide bonds. The maximum Gasteiger partial charge on any atom is 0.389 e. The number of oxime groups is 1. The highest BCUT2D eigenvalue weighted by atomic mass is 35.5. The van der Waals surface area contributed by atoms with Gasteiger partial charge in [0.2, 0.25) is 44.1 Å². The molecule has 4 aromatic carbocycles. The summed E-state index contributed by atoms with van der Waals surface area (Å²) in [5.41, 5.74) is 15.4. The van der Waals surface area contributed by atoms with Crippen LogP contribution in [-0.4, -0.2) is 82.9 Å². The standard InChI is InChI=1S/C20H17ClF4N4O4S.C19H19ClF4N4O4S/c21-14-3-5-15(6-4-14)34(31,32)29(17(18(26)30)7-8-20(23,24)25)10-13-2-1-12(9-16(13)22)19-27-11-33-28-19;20-13-3-5-14(6-4-13)33(31,32)28(16(18(26)29)7-8-19(22,23)24)10-12-2-1-11(9-15(12)21)17(25)27-30/h1-6,9,11,17H,7-8,10H2,(H2,26,30);1-6,9,16,30H,7-8,10H2,(H2,25,27)(H2,26,29)/t17-;16-/m11/s1/i11D;. The maximum atomic E-state index is 14.9. The summed E-state index contributed by atoms with van der Waals surface area (Å²) in [6.07, 6.45) is -14.9. The van der Waals surface area contributed by atoms with Gasteiger partial charge < -0.3 is 26.9 Å². The summed E-state index contributed by atoms with van der Waals surface area (Å²) in [4.78, 5) is 27.0. The van der Waals surface area contributed by atoms with Crippen LogP contribution in [0.5, 0.6) is 0 Å². The molecule has 0 spiro atoms. The predicted molar refractivity (Wildman–Crippen MR) is 224 cm³/mol. The quantitative estimate of drug-likeness (QED) is 0.0231. The number of primary amides is 2. The Labute approximate surface area is 387 Å². The molecule has 0 aliphatic heterocycles. The second kappa shape index (κ2) is 22.2. The molecule has 0 aliphatic rings. The van der Waals surface area contributed by atoms with Crippen molar-refractivity contribution in [1.82, 2.24) is 18.8 Å². The molecule has 16 nitrogen and oxygen atoms in total. The average Bonchev–Trinajstić information content (AvgIpc) is 3.69. The first kappa shape index (κ1) is 52.0. The van der Waals surface area contributed by atoms with Gasteiger partial charge in [-0.15, -0.1) is 0 Å². The third kappa shape index (κ3) is 14.8. The van der Waals surface area contributed by atoms with Crippen LogP contribution < -0.4 is 17.2 Å². The van der Waals surface area contributed by atoms with Crippen molar-refractivity contribution in [2.75, 3.05) is 0 Å². The fourth-order valence-electron chi connectivity index (χ4n) is 5.97. The molecule has 0 saturated heterocycles. The second-order valence-electron chi connectivity index (χ2n) is 14.0. The lowest BCUT2D eigenvalue weighted by Gasteiger charge is -2.29. The third-order valence-electron chi connectivity index (χ3n) is 9.34. The number of aromatic nitrogens is 2. The zero-order chi connectivity index (χ0) is 50.9. The molecule has 0 bridgehead atoms. The van der Waals surface area contributed by atoms with Gasteiger partial charge in [0.25, 0.3) is 0 Å². The first-order chi connectivity index (χ1) is 31.5. The highest BCUT2D eigenvalue weighted by Gasteiger charge is 2.40. The van der Waals surface area contributed by atoms with Crippen LogP contribution in [0.4, 0.5) is 35.1 Å². The maximum absolute atomic E-state index is 14.9. The van der Waals surface area contributed by atoms with E-state index in [1.165, 1.54) is 36.4 Å². The largest absolute Gasteiger partial charge is 0.409 e. The predicted octanol–water partition coefficient (Wildman–Crippen LogP) is 6.88. The van der Waals surface area contributed by atoms with E-state index in [1.54, 1.807) is 0 Å². The second-order valence-corrected chi connectivity index (χ2v) is 18.6. The van der Waals surface area contributed by atoms with Crippen LogP contribution in [0, 0.1) is 11.6 Å². The molecule has 5 rings (SSSR count). The number of amidine groups is 1. The van der Waals surface area contributed by atoms with Crippen molar-refractivity contribution >= 4 is 60.9 Å². The number of hydrogen-bond donors (Lipinski definition) is 4. The number of alkyl halides is 6. The molecule has 28 heteroatoms. The summed E-state index contributed by atoms with van der Waals surface area (Å²) in [6, 6.07) is 12.0. The number of nitrogens with two attached hydrogens (primary N) is 3. The lowest BCUT2D eigenvalue weighted by atomic mass is 10.1. The number of amides is 2. The lowest BCUT2D eigenvalue weighted by Crippen LogP contribution is -2.48. The number of carbonyl (C=O) groups is 2. The number of nitrogens with zero attached hydrogens (tertiary/aromatic N) is 5. The summed E-state index contributed by atoms with van der Waals surface area (Å²) in [6.45, 7) is -1.63. The van der Waals surface area contributed by atoms with E-state index >= 15 is 0 Å². The van der Waals surface area contributed by atoms with E-state index in [2.05, 4.69) is 19.8 Å². The molecule has 0 unspecified atom stereocenters. The molecule has 362 valence electrons. The Morgan fingerprint density at radius 3 is 1.48 bits per heavy atom. The molecule has 0 saturated carbocycles. The number of sulfonamides is 2. The molecular formula is C39H36Cl2F8N8O8S2. The van der Waals surface area contributed by atoms with Gasteiger partial charge in [-0.1, -0.05) is 57.8 Å². The van der Waals surface area contributed by atoms with E-state index in [0.717, 1.165) is 48.5 Å². The number of rotatable bonds is 18. The molecule has 1 aromatic heterocycles.